The van der Waals surface area contributed by atoms with Gasteiger partial charge in [-0.1, -0.05) is 17.7 Å². The summed E-state index contributed by atoms with van der Waals surface area (Å²) in [4.78, 5) is 3.82. The second kappa shape index (κ2) is 3.65. The second-order valence-electron chi connectivity index (χ2n) is 1.78. The minimum Gasteiger partial charge on any atom is -0.275 e. The highest BCUT2D eigenvalue weighted by atomic mass is 35.5. The molecule has 0 atom stereocenters. The summed E-state index contributed by atoms with van der Waals surface area (Å²) in [5.74, 6) is 0. The maximum absolute atomic E-state index is 10.1. The van der Waals surface area contributed by atoms with Crippen LogP contribution < -0.4 is 0 Å². The van der Waals surface area contributed by atoms with E-state index in [1.807, 2.05) is 0 Å². The van der Waals surface area contributed by atoms with Crippen molar-refractivity contribution in [2.45, 2.75) is 6.16 Å². The molecule has 0 fully saturated rings. The predicted octanol–water partition coefficient (Wildman–Crippen LogP) is 2.53. The van der Waals surface area contributed by atoms with Gasteiger partial charge in [0.25, 0.3) is 0 Å². The number of rotatable bonds is 2. The van der Waals surface area contributed by atoms with E-state index in [1.54, 1.807) is 18.3 Å². The fourth-order valence-corrected chi connectivity index (χ4v) is 1.02. The van der Waals surface area contributed by atoms with Crippen molar-refractivity contribution in [2.75, 3.05) is 0 Å². The number of hydrogen-bond acceptors (Lipinski definition) is 2. The molecule has 0 unspecified atom stereocenters. The van der Waals surface area contributed by atoms with Crippen LogP contribution in [0.15, 0.2) is 18.3 Å². The van der Waals surface area contributed by atoms with Crippen LogP contribution in [-0.4, -0.2) is 4.98 Å². The Morgan fingerprint density at radius 1 is 1.60 bits per heavy atom. The molecule has 0 radical (unpaired) electrons. The van der Waals surface area contributed by atoms with Gasteiger partial charge in [0.15, 0.2) is 8.46 Å². The van der Waals surface area contributed by atoms with E-state index in [2.05, 4.69) is 4.98 Å². The molecule has 10 heavy (non-hydrogen) atoms. The minimum atomic E-state index is 0.113. The summed E-state index contributed by atoms with van der Waals surface area (Å²) in [7, 11) is 0.113. The smallest absolute Gasteiger partial charge is 0.160 e. The first-order chi connectivity index (χ1) is 4.83. The van der Waals surface area contributed by atoms with E-state index >= 15 is 0 Å². The normalized spacial score (nSPS) is 10.1. The number of halogens is 1. The summed E-state index contributed by atoms with van der Waals surface area (Å²) in [5.41, 5.74) is 0.932. The predicted molar refractivity (Wildman–Crippen MR) is 40.6 cm³/mol. The van der Waals surface area contributed by atoms with Crippen molar-refractivity contribution < 1.29 is 4.57 Å². The Hall–Kier alpha value is -0.460. The first kappa shape index (κ1) is 7.64. The molecule has 1 aromatic heterocycles. The molecule has 0 aromatic carbocycles. The molecule has 0 bridgehead atoms. The molecule has 0 spiro atoms. The summed E-state index contributed by atoms with van der Waals surface area (Å²) in [5, 5.41) is 0.464. The Morgan fingerprint density at radius 3 is 2.90 bits per heavy atom. The molecule has 1 rings (SSSR count). The molecule has 52 valence electrons. The lowest BCUT2D eigenvalue weighted by Crippen LogP contribution is -1.78. The van der Waals surface area contributed by atoms with Crippen molar-refractivity contribution in [3.05, 3.63) is 29.0 Å². The Labute approximate surface area is 65.4 Å². The van der Waals surface area contributed by atoms with Crippen LogP contribution >= 0.6 is 20.1 Å². The fraction of sp³-hybridized carbons (Fsp3) is 0.167. The third-order valence-corrected chi connectivity index (χ3v) is 1.75. The summed E-state index contributed by atoms with van der Waals surface area (Å²) < 4.78 is 10.1. The van der Waals surface area contributed by atoms with E-state index in [0.29, 0.717) is 11.3 Å². The van der Waals surface area contributed by atoms with Crippen molar-refractivity contribution in [2.24, 2.45) is 0 Å². The van der Waals surface area contributed by atoms with Crippen molar-refractivity contribution in [1.29, 1.82) is 0 Å². The minimum absolute atomic E-state index is 0.113. The van der Waals surface area contributed by atoms with Crippen LogP contribution in [0.3, 0.4) is 0 Å². The van der Waals surface area contributed by atoms with E-state index in [4.69, 9.17) is 11.6 Å². The highest BCUT2D eigenvalue weighted by molar-refractivity contribution is 7.22. The topological polar surface area (TPSA) is 30.0 Å². The average Bonchev–Trinajstić information content (AvgIpc) is 1.95. The van der Waals surface area contributed by atoms with E-state index in [9.17, 15) is 4.57 Å². The fourth-order valence-electron chi connectivity index (χ4n) is 0.575. The lowest BCUT2D eigenvalue weighted by Gasteiger charge is -1.91. The van der Waals surface area contributed by atoms with Gasteiger partial charge in [-0.05, 0) is 11.6 Å². The Kier molecular flexibility index (Phi) is 2.79. The van der Waals surface area contributed by atoms with Gasteiger partial charge in [-0.2, -0.15) is 0 Å². The molecule has 0 amide bonds. The summed E-state index contributed by atoms with van der Waals surface area (Å²) in [6.07, 6.45) is 2.12. The zero-order valence-corrected chi connectivity index (χ0v) is 6.77. The van der Waals surface area contributed by atoms with Gasteiger partial charge in [0.05, 0.1) is 6.16 Å². The van der Waals surface area contributed by atoms with Gasteiger partial charge in [-0.3, -0.25) is 4.57 Å². The van der Waals surface area contributed by atoms with E-state index < -0.39 is 0 Å². The third kappa shape index (κ3) is 2.05. The highest BCUT2D eigenvalue weighted by Gasteiger charge is 1.91. The standard InChI is InChI=1S/C6H5ClNOP/c7-6-2-1-5(3-8-6)4-10-9/h1-3H,4H2. The Balaban J connectivity index is 2.78. The van der Waals surface area contributed by atoms with Gasteiger partial charge < -0.3 is 0 Å². The van der Waals surface area contributed by atoms with Gasteiger partial charge >= 0.3 is 0 Å². The SMILES string of the molecule is O=PCc1ccc(Cl)nc1. The van der Waals surface area contributed by atoms with Gasteiger partial charge in [-0.25, -0.2) is 4.98 Å². The third-order valence-electron chi connectivity index (χ3n) is 1.04. The lowest BCUT2D eigenvalue weighted by atomic mass is 10.3. The average molecular weight is 174 g/mol. The van der Waals surface area contributed by atoms with Crippen molar-refractivity contribution in [1.82, 2.24) is 4.98 Å². The van der Waals surface area contributed by atoms with E-state index in [1.165, 1.54) is 0 Å². The molecule has 0 N–H and O–H groups in total. The summed E-state index contributed by atoms with van der Waals surface area (Å²) in [6, 6.07) is 3.49. The van der Waals surface area contributed by atoms with Crippen molar-refractivity contribution in [3.8, 4) is 0 Å². The second-order valence-corrected chi connectivity index (χ2v) is 2.74. The maximum atomic E-state index is 10.1. The van der Waals surface area contributed by atoms with Crippen LogP contribution in [0.1, 0.15) is 5.56 Å². The van der Waals surface area contributed by atoms with Crippen LogP contribution in [0.5, 0.6) is 0 Å². The number of nitrogens with zero attached hydrogens (tertiary/aromatic N) is 1. The molecule has 4 heteroatoms. The largest absolute Gasteiger partial charge is 0.275 e. The Bertz CT molecular complexity index is 224. The Morgan fingerprint density at radius 2 is 2.40 bits per heavy atom. The molecule has 1 aromatic rings. The highest BCUT2D eigenvalue weighted by Crippen LogP contribution is 2.10. The molecule has 0 saturated heterocycles. The lowest BCUT2D eigenvalue weighted by molar-refractivity contribution is 0.598. The maximum Gasteiger partial charge on any atom is 0.160 e. The van der Waals surface area contributed by atoms with Crippen molar-refractivity contribution >= 4 is 20.1 Å². The summed E-state index contributed by atoms with van der Waals surface area (Å²) in [6.45, 7) is 0. The molecule has 0 aliphatic heterocycles. The van der Waals surface area contributed by atoms with Crippen LogP contribution in [-0.2, 0) is 10.7 Å². The molecule has 1 heterocycles. The zero-order chi connectivity index (χ0) is 7.40. The first-order valence-corrected chi connectivity index (χ1v) is 4.10. The van der Waals surface area contributed by atoms with Gasteiger partial charge in [0.2, 0.25) is 0 Å². The molecule has 0 aliphatic rings. The molecule has 0 aliphatic carbocycles. The molecular formula is C6H5ClNOP. The van der Waals surface area contributed by atoms with E-state index in [0.717, 1.165) is 5.56 Å². The number of hydrogen-bond donors (Lipinski definition) is 0. The van der Waals surface area contributed by atoms with Crippen LogP contribution in [0, 0.1) is 0 Å². The zero-order valence-electron chi connectivity index (χ0n) is 5.12. The van der Waals surface area contributed by atoms with Gasteiger partial charge in [0, 0.05) is 6.20 Å². The van der Waals surface area contributed by atoms with Crippen LogP contribution in [0.25, 0.3) is 0 Å². The monoisotopic (exact) mass is 173 g/mol. The molecule has 0 saturated carbocycles. The first-order valence-electron chi connectivity index (χ1n) is 2.72. The van der Waals surface area contributed by atoms with Gasteiger partial charge in [-0.15, -0.1) is 0 Å². The quantitative estimate of drug-likeness (QED) is 0.508. The molecule has 2 nitrogen and oxygen atoms in total. The number of aromatic nitrogens is 1. The molecular weight excluding hydrogens is 168 g/mol. The van der Waals surface area contributed by atoms with Crippen LogP contribution in [0.2, 0.25) is 5.15 Å². The van der Waals surface area contributed by atoms with E-state index in [-0.39, 0.29) is 8.46 Å². The van der Waals surface area contributed by atoms with Crippen LogP contribution in [0.4, 0.5) is 0 Å². The van der Waals surface area contributed by atoms with Crippen molar-refractivity contribution in [3.63, 3.8) is 0 Å². The summed E-state index contributed by atoms with van der Waals surface area (Å²) >= 11 is 5.52. The number of pyridine rings is 1. The van der Waals surface area contributed by atoms with Gasteiger partial charge in [0.1, 0.15) is 5.15 Å².